The first-order valence-corrected chi connectivity index (χ1v) is 5.83. The van der Waals surface area contributed by atoms with E-state index in [1.807, 2.05) is 21.1 Å². The second-order valence-electron chi connectivity index (χ2n) is 3.95. The first-order valence-electron chi connectivity index (χ1n) is 4.30. The lowest BCUT2D eigenvalue weighted by atomic mass is 10.5. The maximum Gasteiger partial charge on any atom is 0.472 e. The van der Waals surface area contributed by atoms with Crippen molar-refractivity contribution >= 4 is 7.82 Å². The van der Waals surface area contributed by atoms with Gasteiger partial charge in [0.05, 0.1) is 21.1 Å². The average molecular weight is 228 g/mol. The van der Waals surface area contributed by atoms with E-state index in [4.69, 9.17) is 14.5 Å². The number of nitrogens with zero attached hydrogens (tertiary/aromatic N) is 1. The van der Waals surface area contributed by atoms with Crippen LogP contribution in [0.1, 0.15) is 6.92 Å². The third kappa shape index (κ3) is 8.62. The summed E-state index contributed by atoms with van der Waals surface area (Å²) in [7, 11) is 1.18. The van der Waals surface area contributed by atoms with Crippen molar-refractivity contribution in [1.82, 2.24) is 0 Å². The molecule has 0 bridgehead atoms. The lowest BCUT2D eigenvalue weighted by Gasteiger charge is -2.28. The van der Waals surface area contributed by atoms with Gasteiger partial charge in [0.2, 0.25) is 6.29 Å². The van der Waals surface area contributed by atoms with Gasteiger partial charge in [0.1, 0.15) is 6.54 Å². The Morgan fingerprint density at radius 2 is 1.86 bits per heavy atom. The monoisotopic (exact) mass is 228 g/mol. The normalized spacial score (nSPS) is 15.6. The molecule has 1 atom stereocenters. The van der Waals surface area contributed by atoms with Gasteiger partial charge in [-0.1, -0.05) is 0 Å². The molecule has 0 saturated heterocycles. The number of rotatable bonds is 6. The molecular formula is C7H19NO5P+. The Morgan fingerprint density at radius 1 is 1.36 bits per heavy atom. The van der Waals surface area contributed by atoms with Crippen molar-refractivity contribution in [1.29, 1.82) is 0 Å². The highest BCUT2D eigenvalue weighted by atomic mass is 31.2. The van der Waals surface area contributed by atoms with Crippen LogP contribution < -0.4 is 0 Å². The minimum Gasteiger partial charge on any atom is -0.347 e. The van der Waals surface area contributed by atoms with Gasteiger partial charge in [0, 0.05) is 6.61 Å². The van der Waals surface area contributed by atoms with Crippen LogP contribution in [-0.2, 0) is 13.8 Å². The smallest absolute Gasteiger partial charge is 0.347 e. The van der Waals surface area contributed by atoms with Crippen LogP contribution in [-0.4, -0.2) is 54.9 Å². The standard InChI is InChI=1S/C7H18NO5P/c1-5-12-7(6-8(2,3)4)13-14(9,10)11/h7H,5-6H2,1-4H3,(H-,9,10,11)/p+1. The quantitative estimate of drug-likeness (QED) is 0.385. The molecule has 7 heteroatoms. The molecule has 0 heterocycles. The first kappa shape index (κ1) is 14.0. The van der Waals surface area contributed by atoms with Gasteiger partial charge in [-0.25, -0.2) is 4.57 Å². The predicted octanol–water partition coefficient (Wildman–Crippen LogP) is 0.165. The van der Waals surface area contributed by atoms with E-state index >= 15 is 0 Å². The highest BCUT2D eigenvalue weighted by molar-refractivity contribution is 7.46. The SMILES string of the molecule is CCOC(C[N+](C)(C)C)OP(=O)(O)O. The summed E-state index contributed by atoms with van der Waals surface area (Å²) in [6, 6.07) is 0. The Bertz CT molecular complexity index is 209. The van der Waals surface area contributed by atoms with E-state index in [1.54, 1.807) is 6.92 Å². The molecule has 0 aromatic heterocycles. The summed E-state index contributed by atoms with van der Waals surface area (Å²) in [5.74, 6) is 0. The number of hydrogen-bond acceptors (Lipinski definition) is 3. The second-order valence-corrected chi connectivity index (χ2v) is 5.15. The van der Waals surface area contributed by atoms with Gasteiger partial charge in [-0.3, -0.25) is 4.52 Å². The summed E-state index contributed by atoms with van der Waals surface area (Å²) in [5.41, 5.74) is 0. The van der Waals surface area contributed by atoms with E-state index in [2.05, 4.69) is 4.52 Å². The van der Waals surface area contributed by atoms with Crippen LogP contribution in [0.25, 0.3) is 0 Å². The number of likely N-dealkylation sites (N-methyl/N-ethyl adjacent to an activating group) is 1. The predicted molar refractivity (Wildman–Crippen MR) is 51.4 cm³/mol. The lowest BCUT2D eigenvalue weighted by molar-refractivity contribution is -0.876. The molecule has 14 heavy (non-hydrogen) atoms. The van der Waals surface area contributed by atoms with Crippen molar-refractivity contribution in [3.63, 3.8) is 0 Å². The number of quaternary nitrogens is 1. The molecule has 0 aromatic carbocycles. The Balaban J connectivity index is 4.23. The van der Waals surface area contributed by atoms with Crippen molar-refractivity contribution in [2.75, 3.05) is 34.3 Å². The third-order valence-corrected chi connectivity index (χ3v) is 1.81. The largest absolute Gasteiger partial charge is 0.472 e. The molecule has 2 N–H and O–H groups in total. The maximum atomic E-state index is 10.6. The molecule has 6 nitrogen and oxygen atoms in total. The molecule has 86 valence electrons. The number of phosphoric ester groups is 1. The highest BCUT2D eigenvalue weighted by Crippen LogP contribution is 2.38. The van der Waals surface area contributed by atoms with Gasteiger partial charge in [-0.15, -0.1) is 0 Å². The van der Waals surface area contributed by atoms with Gasteiger partial charge in [0.25, 0.3) is 0 Å². The molecular weight excluding hydrogens is 209 g/mol. The van der Waals surface area contributed by atoms with E-state index in [0.717, 1.165) is 0 Å². The van der Waals surface area contributed by atoms with E-state index < -0.39 is 14.1 Å². The van der Waals surface area contributed by atoms with E-state index in [-0.39, 0.29) is 0 Å². The highest BCUT2D eigenvalue weighted by Gasteiger charge is 2.27. The van der Waals surface area contributed by atoms with Crippen LogP contribution in [0.3, 0.4) is 0 Å². The molecule has 0 aliphatic rings. The molecule has 0 aliphatic heterocycles. The maximum absolute atomic E-state index is 10.6. The van der Waals surface area contributed by atoms with E-state index in [1.165, 1.54) is 0 Å². The fraction of sp³-hybridized carbons (Fsp3) is 1.00. The molecule has 0 rings (SSSR count). The van der Waals surface area contributed by atoms with E-state index in [0.29, 0.717) is 17.6 Å². The zero-order valence-electron chi connectivity index (χ0n) is 9.01. The summed E-state index contributed by atoms with van der Waals surface area (Å²) in [6.45, 7) is 2.47. The Morgan fingerprint density at radius 3 is 2.14 bits per heavy atom. The summed E-state index contributed by atoms with van der Waals surface area (Å²) >= 11 is 0. The number of ether oxygens (including phenoxy) is 1. The molecule has 0 aliphatic carbocycles. The first-order chi connectivity index (χ1) is 6.14. The zero-order chi connectivity index (χ0) is 11.4. The number of hydrogen-bond donors (Lipinski definition) is 2. The molecule has 0 radical (unpaired) electrons. The molecule has 0 fully saturated rings. The zero-order valence-corrected chi connectivity index (χ0v) is 9.90. The van der Waals surface area contributed by atoms with Gasteiger partial charge in [0.15, 0.2) is 0 Å². The lowest BCUT2D eigenvalue weighted by Crippen LogP contribution is -2.43. The van der Waals surface area contributed by atoms with Crippen LogP contribution >= 0.6 is 7.82 Å². The van der Waals surface area contributed by atoms with Gasteiger partial charge < -0.3 is 19.0 Å². The summed E-state index contributed by atoms with van der Waals surface area (Å²) in [4.78, 5) is 17.2. The van der Waals surface area contributed by atoms with Crippen LogP contribution in [0.4, 0.5) is 0 Å². The Labute approximate surface area is 84.3 Å². The number of phosphoric acid groups is 1. The fourth-order valence-corrected chi connectivity index (χ4v) is 1.34. The molecule has 0 amide bonds. The summed E-state index contributed by atoms with van der Waals surface area (Å²) in [6.07, 6.45) is -0.874. The summed E-state index contributed by atoms with van der Waals surface area (Å²) in [5, 5.41) is 0. The van der Waals surface area contributed by atoms with Crippen LogP contribution in [0.15, 0.2) is 0 Å². The van der Waals surface area contributed by atoms with Crippen molar-refractivity contribution < 1.29 is 28.1 Å². The minimum atomic E-state index is -4.47. The molecule has 0 spiro atoms. The average Bonchev–Trinajstić information content (AvgIpc) is 1.78. The second kappa shape index (κ2) is 5.21. The van der Waals surface area contributed by atoms with Gasteiger partial charge >= 0.3 is 7.82 Å². The topological polar surface area (TPSA) is 76.0 Å². The van der Waals surface area contributed by atoms with Crippen molar-refractivity contribution in [2.45, 2.75) is 13.2 Å². The van der Waals surface area contributed by atoms with Crippen LogP contribution in [0.5, 0.6) is 0 Å². The van der Waals surface area contributed by atoms with E-state index in [9.17, 15) is 4.57 Å². The van der Waals surface area contributed by atoms with Gasteiger partial charge in [-0.2, -0.15) is 0 Å². The Hall–Kier alpha value is 0.0300. The Kier molecular flexibility index (Phi) is 5.22. The third-order valence-electron chi connectivity index (χ3n) is 1.30. The fourth-order valence-electron chi connectivity index (χ4n) is 0.903. The van der Waals surface area contributed by atoms with Crippen LogP contribution in [0.2, 0.25) is 0 Å². The van der Waals surface area contributed by atoms with Crippen molar-refractivity contribution in [2.24, 2.45) is 0 Å². The minimum absolute atomic E-state index is 0.352. The molecule has 1 unspecified atom stereocenters. The van der Waals surface area contributed by atoms with Crippen molar-refractivity contribution in [3.8, 4) is 0 Å². The molecule has 0 saturated carbocycles. The van der Waals surface area contributed by atoms with Crippen molar-refractivity contribution in [3.05, 3.63) is 0 Å². The molecule has 0 aromatic rings. The summed E-state index contributed by atoms with van der Waals surface area (Å²) < 4.78 is 20.6. The van der Waals surface area contributed by atoms with Crippen LogP contribution in [0, 0.1) is 0 Å². The van der Waals surface area contributed by atoms with Gasteiger partial charge in [-0.05, 0) is 6.92 Å².